The molecule has 4 heteroatoms. The van der Waals surface area contributed by atoms with Crippen molar-refractivity contribution in [1.29, 1.82) is 0 Å². The Balaban J connectivity index is 2.86. The highest BCUT2D eigenvalue weighted by atomic mass is 19.1. The molecule has 0 atom stereocenters. The number of carbonyl (C=O) groups is 1. The van der Waals surface area contributed by atoms with Gasteiger partial charge in [-0.3, -0.25) is 4.79 Å². The highest BCUT2D eigenvalue weighted by molar-refractivity contribution is 5.95. The van der Waals surface area contributed by atoms with Crippen molar-refractivity contribution >= 4 is 5.91 Å². The monoisotopic (exact) mass is 239 g/mol. The lowest BCUT2D eigenvalue weighted by Gasteiger charge is -2.25. The predicted molar refractivity (Wildman–Crippen MR) is 64.6 cm³/mol. The number of ether oxygens (including phenoxy) is 1. The van der Waals surface area contributed by atoms with E-state index in [4.69, 9.17) is 4.74 Å². The molecule has 0 saturated heterocycles. The normalized spacial score (nSPS) is 11.4. The predicted octanol–water partition coefficient (Wildman–Crippen LogP) is 2.29. The van der Waals surface area contributed by atoms with E-state index in [2.05, 4.69) is 5.32 Å². The fraction of sp³-hybridized carbons (Fsp3) is 0.462. The molecule has 1 amide bonds. The number of aryl methyl sites for hydroxylation is 1. The fourth-order valence-electron chi connectivity index (χ4n) is 1.58. The van der Waals surface area contributed by atoms with Crippen molar-refractivity contribution in [2.24, 2.45) is 0 Å². The lowest BCUT2D eigenvalue weighted by atomic mass is 10.0. The molecule has 0 radical (unpaired) electrons. The molecule has 1 rings (SSSR count). The molecule has 0 aliphatic heterocycles. The van der Waals surface area contributed by atoms with Crippen LogP contribution in [0.4, 0.5) is 4.39 Å². The first kappa shape index (κ1) is 13.6. The van der Waals surface area contributed by atoms with Crippen LogP contribution in [0.5, 0.6) is 0 Å². The second-order valence-electron chi connectivity index (χ2n) is 4.75. The van der Waals surface area contributed by atoms with Crippen LogP contribution in [0.3, 0.4) is 0 Å². The van der Waals surface area contributed by atoms with Crippen molar-refractivity contribution in [1.82, 2.24) is 5.32 Å². The third-order valence-electron chi connectivity index (χ3n) is 2.32. The van der Waals surface area contributed by atoms with Crippen molar-refractivity contribution in [3.05, 3.63) is 35.1 Å². The van der Waals surface area contributed by atoms with Crippen LogP contribution in [0, 0.1) is 12.7 Å². The number of methoxy groups -OCH3 is 1. The molecule has 3 nitrogen and oxygen atoms in total. The van der Waals surface area contributed by atoms with Crippen LogP contribution >= 0.6 is 0 Å². The standard InChI is InChI=1S/C13H18FNO2/c1-9-5-6-11(14)10(7-9)12(16)15-13(2,3)8-17-4/h5-7H,8H2,1-4H3,(H,15,16). The lowest BCUT2D eigenvalue weighted by Crippen LogP contribution is -2.47. The molecule has 0 spiro atoms. The minimum absolute atomic E-state index is 0.0641. The van der Waals surface area contributed by atoms with Crippen LogP contribution in [-0.2, 0) is 4.74 Å². The van der Waals surface area contributed by atoms with Crippen molar-refractivity contribution in [2.75, 3.05) is 13.7 Å². The first-order valence-electron chi connectivity index (χ1n) is 5.43. The number of nitrogens with one attached hydrogen (secondary N) is 1. The number of rotatable bonds is 4. The lowest BCUT2D eigenvalue weighted by molar-refractivity contribution is 0.0816. The summed E-state index contributed by atoms with van der Waals surface area (Å²) >= 11 is 0. The van der Waals surface area contributed by atoms with Crippen LogP contribution < -0.4 is 5.32 Å². The fourth-order valence-corrected chi connectivity index (χ4v) is 1.58. The summed E-state index contributed by atoms with van der Waals surface area (Å²) in [5, 5.41) is 2.74. The zero-order valence-corrected chi connectivity index (χ0v) is 10.6. The SMILES string of the molecule is COCC(C)(C)NC(=O)c1cc(C)ccc1F. The summed E-state index contributed by atoms with van der Waals surface area (Å²) in [5.41, 5.74) is 0.387. The number of benzene rings is 1. The molecule has 17 heavy (non-hydrogen) atoms. The quantitative estimate of drug-likeness (QED) is 0.875. The van der Waals surface area contributed by atoms with Gasteiger partial charge in [-0.2, -0.15) is 0 Å². The number of hydrogen-bond acceptors (Lipinski definition) is 2. The van der Waals surface area contributed by atoms with Crippen molar-refractivity contribution in [3.63, 3.8) is 0 Å². The van der Waals surface area contributed by atoms with E-state index in [1.807, 2.05) is 20.8 Å². The van der Waals surface area contributed by atoms with E-state index >= 15 is 0 Å². The van der Waals surface area contributed by atoms with Gasteiger partial charge in [0, 0.05) is 7.11 Å². The second kappa shape index (κ2) is 5.27. The van der Waals surface area contributed by atoms with Gasteiger partial charge in [-0.25, -0.2) is 4.39 Å². The van der Waals surface area contributed by atoms with E-state index in [0.717, 1.165) is 5.56 Å². The Labute approximate surface area is 101 Å². The maximum atomic E-state index is 13.5. The maximum absolute atomic E-state index is 13.5. The summed E-state index contributed by atoms with van der Waals surface area (Å²) in [5.74, 6) is -0.936. The number of halogens is 1. The first-order chi connectivity index (χ1) is 7.85. The summed E-state index contributed by atoms with van der Waals surface area (Å²) in [6, 6.07) is 4.47. The Morgan fingerprint density at radius 2 is 2.12 bits per heavy atom. The largest absolute Gasteiger partial charge is 0.382 e. The van der Waals surface area contributed by atoms with Gasteiger partial charge in [0.05, 0.1) is 17.7 Å². The summed E-state index contributed by atoms with van der Waals surface area (Å²) < 4.78 is 18.5. The molecule has 0 saturated carbocycles. The Bertz CT molecular complexity index is 416. The molecular weight excluding hydrogens is 221 g/mol. The van der Waals surface area contributed by atoms with Crippen LogP contribution in [0.25, 0.3) is 0 Å². The first-order valence-corrected chi connectivity index (χ1v) is 5.43. The van der Waals surface area contributed by atoms with Gasteiger partial charge in [-0.05, 0) is 32.9 Å². The topological polar surface area (TPSA) is 38.3 Å². The Morgan fingerprint density at radius 3 is 2.71 bits per heavy atom. The number of amides is 1. The van der Waals surface area contributed by atoms with Gasteiger partial charge >= 0.3 is 0 Å². The average molecular weight is 239 g/mol. The van der Waals surface area contributed by atoms with E-state index in [1.165, 1.54) is 12.1 Å². The van der Waals surface area contributed by atoms with Gasteiger partial charge in [-0.1, -0.05) is 11.6 Å². The Hall–Kier alpha value is -1.42. The molecule has 94 valence electrons. The molecule has 1 aromatic rings. The van der Waals surface area contributed by atoms with Crippen molar-refractivity contribution in [2.45, 2.75) is 26.3 Å². The highest BCUT2D eigenvalue weighted by Gasteiger charge is 2.22. The summed E-state index contributed by atoms with van der Waals surface area (Å²) in [6.07, 6.45) is 0. The van der Waals surface area contributed by atoms with Gasteiger partial charge < -0.3 is 10.1 Å². The Kier molecular flexibility index (Phi) is 4.23. The van der Waals surface area contributed by atoms with Crippen LogP contribution in [-0.4, -0.2) is 25.2 Å². The van der Waals surface area contributed by atoms with E-state index in [0.29, 0.717) is 6.61 Å². The molecule has 1 aromatic carbocycles. The smallest absolute Gasteiger partial charge is 0.254 e. The van der Waals surface area contributed by atoms with Gasteiger partial charge in [0.15, 0.2) is 0 Å². The third-order valence-corrected chi connectivity index (χ3v) is 2.32. The molecule has 0 bridgehead atoms. The average Bonchev–Trinajstić information content (AvgIpc) is 2.20. The zero-order chi connectivity index (χ0) is 13.1. The molecular formula is C13H18FNO2. The number of carbonyl (C=O) groups excluding carboxylic acids is 1. The summed E-state index contributed by atoms with van der Waals surface area (Å²) in [7, 11) is 1.56. The van der Waals surface area contributed by atoms with E-state index in [9.17, 15) is 9.18 Å². The van der Waals surface area contributed by atoms with Gasteiger partial charge in [0.2, 0.25) is 0 Å². The molecule has 0 aliphatic carbocycles. The molecule has 1 N–H and O–H groups in total. The Morgan fingerprint density at radius 1 is 1.47 bits per heavy atom. The van der Waals surface area contributed by atoms with Crippen LogP contribution in [0.2, 0.25) is 0 Å². The van der Waals surface area contributed by atoms with Crippen LogP contribution in [0.1, 0.15) is 29.8 Å². The van der Waals surface area contributed by atoms with Gasteiger partial charge in [0.1, 0.15) is 5.82 Å². The molecule has 0 aliphatic rings. The third kappa shape index (κ3) is 3.82. The van der Waals surface area contributed by atoms with Crippen LogP contribution in [0.15, 0.2) is 18.2 Å². The zero-order valence-electron chi connectivity index (χ0n) is 10.6. The minimum atomic E-state index is -0.526. The van der Waals surface area contributed by atoms with Crippen molar-refractivity contribution < 1.29 is 13.9 Å². The second-order valence-corrected chi connectivity index (χ2v) is 4.75. The highest BCUT2D eigenvalue weighted by Crippen LogP contribution is 2.12. The number of hydrogen-bond donors (Lipinski definition) is 1. The van der Waals surface area contributed by atoms with E-state index < -0.39 is 17.3 Å². The molecule has 0 fully saturated rings. The van der Waals surface area contributed by atoms with E-state index in [1.54, 1.807) is 13.2 Å². The molecule has 0 aromatic heterocycles. The summed E-state index contributed by atoms with van der Waals surface area (Å²) in [6.45, 7) is 5.83. The van der Waals surface area contributed by atoms with Gasteiger partial charge in [0.25, 0.3) is 5.91 Å². The molecule has 0 heterocycles. The summed E-state index contributed by atoms with van der Waals surface area (Å²) in [4.78, 5) is 11.9. The minimum Gasteiger partial charge on any atom is -0.382 e. The maximum Gasteiger partial charge on any atom is 0.254 e. The van der Waals surface area contributed by atoms with Crippen molar-refractivity contribution in [3.8, 4) is 0 Å². The molecule has 0 unspecified atom stereocenters. The van der Waals surface area contributed by atoms with Gasteiger partial charge in [-0.15, -0.1) is 0 Å². The van der Waals surface area contributed by atoms with E-state index in [-0.39, 0.29) is 5.56 Å².